The van der Waals surface area contributed by atoms with Gasteiger partial charge in [-0.3, -0.25) is 0 Å². The monoisotopic (exact) mass is 674 g/mol. The third-order valence-corrected chi connectivity index (χ3v) is 7.97. The minimum atomic E-state index is -4.64. The molecule has 5 aromatic carbocycles. The number of aromatic nitrogens is 2. The summed E-state index contributed by atoms with van der Waals surface area (Å²) in [4.78, 5) is 18.1. The maximum atomic E-state index is 13.6. The Kier molecular flexibility index (Phi) is 7.06. The van der Waals surface area contributed by atoms with Gasteiger partial charge in [-0.05, 0) is 75.3 Å². The van der Waals surface area contributed by atoms with Crippen LogP contribution in [0.2, 0.25) is 0 Å². The van der Waals surface area contributed by atoms with Gasteiger partial charge >= 0.3 is 29.4 Å². The zero-order chi connectivity index (χ0) is 35.5. The van der Waals surface area contributed by atoms with Gasteiger partial charge in [0.05, 0.1) is 23.8 Å². The summed E-state index contributed by atoms with van der Waals surface area (Å²) in [6.45, 7) is 22.0. The van der Waals surface area contributed by atoms with E-state index in [0.29, 0.717) is 32.8 Å². The van der Waals surface area contributed by atoms with Crippen molar-refractivity contribution in [2.75, 3.05) is 0 Å². The van der Waals surface area contributed by atoms with Gasteiger partial charge < -0.3 is 8.83 Å². The van der Waals surface area contributed by atoms with E-state index in [9.17, 15) is 31.6 Å². The number of halogens is 6. The number of rotatable bonds is 2. The minimum Gasteiger partial charge on any atom is -0.445 e. The Morgan fingerprint density at radius 1 is 0.640 bits per heavy atom. The average molecular weight is 675 g/mol. The molecule has 0 bridgehead atoms. The van der Waals surface area contributed by atoms with Gasteiger partial charge in [-0.2, -0.15) is 26.3 Å². The Morgan fingerprint density at radius 2 is 1.20 bits per heavy atom. The molecule has 7 rings (SSSR count). The molecule has 0 saturated carbocycles. The van der Waals surface area contributed by atoms with Gasteiger partial charge in [0.1, 0.15) is 24.2 Å². The lowest BCUT2D eigenvalue weighted by molar-refractivity contribution is -0.138. The van der Waals surface area contributed by atoms with Crippen LogP contribution in [0.1, 0.15) is 11.1 Å². The molecule has 0 N–H and O–H groups in total. The van der Waals surface area contributed by atoms with Gasteiger partial charge in [0.25, 0.3) is 0 Å². The van der Waals surface area contributed by atoms with E-state index in [1.54, 1.807) is 18.2 Å². The molecule has 0 amide bonds. The molecule has 0 radical (unpaired) electrons. The van der Waals surface area contributed by atoms with E-state index in [1.165, 1.54) is 36.4 Å². The summed E-state index contributed by atoms with van der Waals surface area (Å²) in [5.41, 5.74) is -1.09. The summed E-state index contributed by atoms with van der Waals surface area (Å²) in [7, 11) is 0. The second-order valence-electron chi connectivity index (χ2n) is 10.8. The van der Waals surface area contributed by atoms with Gasteiger partial charge in [0.15, 0.2) is 11.2 Å². The molecular weight excluding hydrogens is 662 g/mol. The summed E-state index contributed by atoms with van der Waals surface area (Å²) in [5.74, 6) is -0.457. The molecule has 0 atom stereocenters. The number of benzene rings is 5. The van der Waals surface area contributed by atoms with E-state index in [-0.39, 0.29) is 44.2 Å². The first kappa shape index (κ1) is 31.4. The third-order valence-electron chi connectivity index (χ3n) is 7.97. The highest BCUT2D eigenvalue weighted by molar-refractivity contribution is 6.27. The van der Waals surface area contributed by atoms with E-state index in [2.05, 4.69) is 24.5 Å². The van der Waals surface area contributed by atoms with Gasteiger partial charge in [0, 0.05) is 10.9 Å². The highest BCUT2D eigenvalue weighted by Crippen LogP contribution is 2.47. The van der Waals surface area contributed by atoms with Crippen molar-refractivity contribution in [1.29, 1.82) is 5.26 Å². The van der Waals surface area contributed by atoms with Gasteiger partial charge in [-0.1, -0.05) is 30.3 Å². The number of hydrogen-bond acceptors (Lipinski definition) is 5. The van der Waals surface area contributed by atoms with Crippen LogP contribution < -0.4 is 11.1 Å². The summed E-state index contributed by atoms with van der Waals surface area (Å²) < 4.78 is 93.3. The molecule has 7 aromatic rings. The first-order valence-electron chi connectivity index (χ1n) is 14.1. The minimum absolute atomic E-state index is 0.0499. The van der Waals surface area contributed by atoms with Gasteiger partial charge in [-0.25, -0.2) is 20.1 Å². The predicted molar refractivity (Wildman–Crippen MR) is 169 cm³/mol. The SMILES string of the molecule is [C-]#[N+]C([N+]#[C-])=c1nc2cc3c(-c4ccc(C(F)(F)F)cc4)c4ccc5n/c(=C(\C#N)[N+]#[C-])oc5c4c(-c4ccc(C(F)(F)F)cc4)c3cc2o1. The highest BCUT2D eigenvalue weighted by Gasteiger charge is 2.32. The van der Waals surface area contributed by atoms with Gasteiger partial charge in [0.2, 0.25) is 5.55 Å². The maximum Gasteiger partial charge on any atom is 0.582 e. The van der Waals surface area contributed by atoms with E-state index < -0.39 is 35.0 Å². The highest BCUT2D eigenvalue weighted by atomic mass is 19.4. The van der Waals surface area contributed by atoms with Crippen LogP contribution in [0.25, 0.3) is 92.1 Å². The number of fused-ring (bicyclic) bond motifs is 5. The van der Waals surface area contributed by atoms with Crippen molar-refractivity contribution in [3.63, 3.8) is 0 Å². The molecule has 14 heteroatoms. The normalized spacial score (nSPS) is 12.4. The summed E-state index contributed by atoms with van der Waals surface area (Å²) in [6, 6.07) is 16.5. The van der Waals surface area contributed by atoms with Crippen molar-refractivity contribution >= 4 is 55.3 Å². The molecule has 240 valence electrons. The Morgan fingerprint density at radius 3 is 1.74 bits per heavy atom. The summed E-state index contributed by atoms with van der Waals surface area (Å²) in [6.07, 6.45) is -9.27. The molecule has 0 saturated heterocycles. The lowest BCUT2D eigenvalue weighted by atomic mass is 9.85. The van der Waals surface area contributed by atoms with Crippen LogP contribution in [0.15, 0.2) is 81.6 Å². The standard InChI is InChI=1S/C36H12F6N6O2/c1-44-26(16-43)33-47-24-13-12-21-28(17-4-8-19(9-5-17)35(37,38)39)22-14-25-27(49-34(48-25)32(45-2)46-3)15-23(22)29(30(21)31(24)50-33)18-6-10-20(11-7-18)36(40,41)42/h4-15H/b33-26-. The summed E-state index contributed by atoms with van der Waals surface area (Å²) >= 11 is 0. The number of hydrogen-bond donors (Lipinski definition) is 0. The Labute approximate surface area is 275 Å². The molecule has 0 aliphatic carbocycles. The smallest absolute Gasteiger partial charge is 0.445 e. The fraction of sp³-hybridized carbons (Fsp3) is 0.0556. The van der Waals surface area contributed by atoms with Crippen LogP contribution in [-0.2, 0) is 12.4 Å². The first-order valence-corrected chi connectivity index (χ1v) is 14.1. The van der Waals surface area contributed by atoms with E-state index >= 15 is 0 Å². The summed E-state index contributed by atoms with van der Waals surface area (Å²) in [5, 5.41) is 10.9. The van der Waals surface area contributed by atoms with Crippen molar-refractivity contribution in [3.05, 3.63) is 129 Å². The fourth-order valence-electron chi connectivity index (χ4n) is 5.82. The Balaban J connectivity index is 1.74. The number of alkyl halides is 6. The predicted octanol–water partition coefficient (Wildman–Crippen LogP) is 9.10. The molecule has 0 aliphatic heterocycles. The molecule has 0 spiro atoms. The quantitative estimate of drug-likeness (QED) is 0.104. The second-order valence-corrected chi connectivity index (χ2v) is 10.8. The van der Waals surface area contributed by atoms with Crippen LogP contribution in [-0.4, -0.2) is 9.97 Å². The second kappa shape index (κ2) is 11.2. The van der Waals surface area contributed by atoms with Crippen LogP contribution in [0.4, 0.5) is 26.3 Å². The van der Waals surface area contributed by atoms with Crippen molar-refractivity contribution in [2.45, 2.75) is 12.4 Å². The van der Waals surface area contributed by atoms with Crippen molar-refractivity contribution < 1.29 is 35.2 Å². The molecule has 0 unspecified atom stereocenters. The molecule has 8 nitrogen and oxygen atoms in total. The largest absolute Gasteiger partial charge is 0.582 e. The zero-order valence-electron chi connectivity index (χ0n) is 24.7. The van der Waals surface area contributed by atoms with Crippen LogP contribution in [0.3, 0.4) is 0 Å². The Bertz CT molecular complexity index is 2840. The van der Waals surface area contributed by atoms with E-state index in [4.69, 9.17) is 28.6 Å². The average Bonchev–Trinajstić information content (AvgIpc) is 3.71. The molecular formula is C36H12F6N6O2. The van der Waals surface area contributed by atoms with Gasteiger partial charge in [-0.15, -0.1) is 9.69 Å². The topological polar surface area (TPSA) is 88.9 Å². The Hall–Kier alpha value is -7.16. The van der Waals surface area contributed by atoms with Crippen LogP contribution in [0.5, 0.6) is 0 Å². The zero-order valence-corrected chi connectivity index (χ0v) is 24.7. The van der Waals surface area contributed by atoms with E-state index in [0.717, 1.165) is 24.3 Å². The number of nitriles is 1. The van der Waals surface area contributed by atoms with E-state index in [1.807, 2.05) is 0 Å². The fourth-order valence-corrected chi connectivity index (χ4v) is 5.82. The van der Waals surface area contributed by atoms with Crippen molar-refractivity contribution in [2.24, 2.45) is 0 Å². The maximum absolute atomic E-state index is 13.6. The number of nitrogens with zero attached hydrogens (tertiary/aromatic N) is 6. The lowest BCUT2D eigenvalue weighted by Gasteiger charge is -2.18. The first-order chi connectivity index (χ1) is 23.9. The molecule has 0 aliphatic rings. The van der Waals surface area contributed by atoms with Crippen molar-refractivity contribution in [1.82, 2.24) is 9.97 Å². The van der Waals surface area contributed by atoms with Crippen LogP contribution in [0, 0.1) is 31.0 Å². The lowest BCUT2D eigenvalue weighted by Crippen LogP contribution is -2.04. The molecule has 2 aromatic heterocycles. The third kappa shape index (κ3) is 5.00. The van der Waals surface area contributed by atoms with Crippen molar-refractivity contribution in [3.8, 4) is 28.3 Å². The molecule has 0 fully saturated rings. The van der Waals surface area contributed by atoms with Crippen LogP contribution >= 0.6 is 0 Å². The number of oxazole rings is 2. The molecule has 50 heavy (non-hydrogen) atoms. The molecule has 2 heterocycles.